The largest absolute Gasteiger partial charge is 0.295 e. The third-order valence-corrected chi connectivity index (χ3v) is 3.07. The number of rotatable bonds is 1. The van der Waals surface area contributed by atoms with Gasteiger partial charge in [0.2, 0.25) is 0 Å². The van der Waals surface area contributed by atoms with Crippen molar-refractivity contribution in [2.24, 2.45) is 11.8 Å². The van der Waals surface area contributed by atoms with Crippen molar-refractivity contribution >= 4 is 11.6 Å². The van der Waals surface area contributed by atoms with Crippen molar-refractivity contribution in [1.29, 1.82) is 0 Å². The molecule has 0 spiro atoms. The van der Waals surface area contributed by atoms with Crippen LogP contribution >= 0.6 is 0 Å². The molecule has 2 atom stereocenters. The second-order valence-electron chi connectivity index (χ2n) is 3.98. The number of hydrogen-bond donors (Lipinski definition) is 0. The van der Waals surface area contributed by atoms with Gasteiger partial charge in [-0.2, -0.15) is 0 Å². The summed E-state index contributed by atoms with van der Waals surface area (Å²) in [5.74, 6) is 0.199. The van der Waals surface area contributed by atoms with Gasteiger partial charge in [0.25, 0.3) is 0 Å². The Hall–Kier alpha value is -1.18. The lowest BCUT2D eigenvalue weighted by Crippen LogP contribution is -2.30. The summed E-state index contributed by atoms with van der Waals surface area (Å²) in [6, 6.07) is 0. The lowest BCUT2D eigenvalue weighted by molar-refractivity contribution is -0.128. The third-order valence-electron chi connectivity index (χ3n) is 3.07. The number of hydrogen-bond acceptors (Lipinski definition) is 2. The van der Waals surface area contributed by atoms with Crippen molar-refractivity contribution < 1.29 is 9.59 Å². The van der Waals surface area contributed by atoms with Gasteiger partial charge in [-0.15, -0.1) is 0 Å². The van der Waals surface area contributed by atoms with E-state index < -0.39 is 0 Å². The number of allylic oxidation sites excluding steroid dienone is 4. The molecular formula is C12H14O2. The number of ketones is 2. The zero-order valence-electron chi connectivity index (χ0n) is 8.11. The van der Waals surface area contributed by atoms with Crippen molar-refractivity contribution in [2.45, 2.75) is 25.7 Å². The van der Waals surface area contributed by atoms with Crippen LogP contribution in [0.5, 0.6) is 0 Å². The second-order valence-corrected chi connectivity index (χ2v) is 3.98. The average Bonchev–Trinajstić information content (AvgIpc) is 2.20. The van der Waals surface area contributed by atoms with Crippen LogP contribution in [0, 0.1) is 11.8 Å². The number of carbonyl (C=O) groups excluding carboxylic acids is 2. The van der Waals surface area contributed by atoms with E-state index in [1.807, 2.05) is 12.2 Å². The summed E-state index contributed by atoms with van der Waals surface area (Å²) in [6.07, 6.45) is 10.6. The van der Waals surface area contributed by atoms with Crippen LogP contribution in [0.2, 0.25) is 0 Å². The van der Waals surface area contributed by atoms with Gasteiger partial charge in [0, 0.05) is 11.8 Å². The highest BCUT2D eigenvalue weighted by molar-refractivity contribution is 6.00. The summed E-state index contributed by atoms with van der Waals surface area (Å²) in [4.78, 5) is 23.2. The van der Waals surface area contributed by atoms with Crippen molar-refractivity contribution in [3.05, 3.63) is 24.3 Å². The van der Waals surface area contributed by atoms with Gasteiger partial charge in [0.05, 0.1) is 0 Å². The first-order valence-electron chi connectivity index (χ1n) is 5.20. The Morgan fingerprint density at radius 1 is 0.857 bits per heavy atom. The van der Waals surface area contributed by atoms with Crippen molar-refractivity contribution in [2.75, 3.05) is 0 Å². The van der Waals surface area contributed by atoms with Crippen molar-refractivity contribution in [1.82, 2.24) is 0 Å². The monoisotopic (exact) mass is 190 g/mol. The van der Waals surface area contributed by atoms with Gasteiger partial charge in [-0.05, 0) is 37.8 Å². The minimum absolute atomic E-state index is 0.0440. The Morgan fingerprint density at radius 2 is 1.29 bits per heavy atom. The fourth-order valence-corrected chi connectivity index (χ4v) is 2.28. The maximum Gasteiger partial charge on any atom is 0.159 e. The van der Waals surface area contributed by atoms with Gasteiger partial charge in [-0.25, -0.2) is 0 Å². The van der Waals surface area contributed by atoms with Gasteiger partial charge in [0.1, 0.15) is 0 Å². The molecule has 0 amide bonds. The van der Waals surface area contributed by atoms with Crippen LogP contribution in [0.15, 0.2) is 24.3 Å². The van der Waals surface area contributed by atoms with E-state index in [2.05, 4.69) is 0 Å². The summed E-state index contributed by atoms with van der Waals surface area (Å²) in [6.45, 7) is 0. The lowest BCUT2D eigenvalue weighted by atomic mass is 9.76. The summed E-state index contributed by atoms with van der Waals surface area (Å²) < 4.78 is 0. The van der Waals surface area contributed by atoms with E-state index in [9.17, 15) is 9.59 Å². The molecule has 0 saturated carbocycles. The quantitative estimate of drug-likeness (QED) is 0.634. The highest BCUT2D eigenvalue weighted by atomic mass is 16.1. The van der Waals surface area contributed by atoms with Gasteiger partial charge in [-0.3, -0.25) is 9.59 Å². The molecule has 0 aromatic heterocycles. The highest BCUT2D eigenvalue weighted by Gasteiger charge is 2.32. The zero-order chi connectivity index (χ0) is 9.97. The topological polar surface area (TPSA) is 34.1 Å². The standard InChI is InChI=1S/C12H14O2/c13-11-7-3-1-5-9(11)10-6-2-4-8-12(10)14/h3-4,7-10H,1-2,5-6H2. The molecule has 2 aliphatic rings. The molecule has 0 aliphatic heterocycles. The maximum atomic E-state index is 11.6. The SMILES string of the molecule is O=C1C=CCCC1C1CCC=CC1=O. The Kier molecular flexibility index (Phi) is 2.62. The molecule has 0 fully saturated rings. The van der Waals surface area contributed by atoms with E-state index in [1.165, 1.54) is 0 Å². The second kappa shape index (κ2) is 3.91. The van der Waals surface area contributed by atoms with E-state index in [4.69, 9.17) is 0 Å². The van der Waals surface area contributed by atoms with Crippen LogP contribution in [0.3, 0.4) is 0 Å². The average molecular weight is 190 g/mol. The van der Waals surface area contributed by atoms with Crippen LogP contribution in [-0.4, -0.2) is 11.6 Å². The Morgan fingerprint density at radius 3 is 1.64 bits per heavy atom. The Balaban J connectivity index is 2.14. The molecular weight excluding hydrogens is 176 g/mol. The van der Waals surface area contributed by atoms with Crippen LogP contribution in [0.4, 0.5) is 0 Å². The van der Waals surface area contributed by atoms with Gasteiger partial charge in [0.15, 0.2) is 11.6 Å². The van der Waals surface area contributed by atoms with Crippen molar-refractivity contribution in [3.63, 3.8) is 0 Å². The van der Waals surface area contributed by atoms with E-state index in [0.717, 1.165) is 25.7 Å². The fourth-order valence-electron chi connectivity index (χ4n) is 2.28. The van der Waals surface area contributed by atoms with Crippen LogP contribution in [0.25, 0.3) is 0 Å². The number of carbonyl (C=O) groups is 2. The fraction of sp³-hybridized carbons (Fsp3) is 0.500. The van der Waals surface area contributed by atoms with Gasteiger partial charge < -0.3 is 0 Å². The molecule has 2 unspecified atom stereocenters. The van der Waals surface area contributed by atoms with Crippen LogP contribution < -0.4 is 0 Å². The van der Waals surface area contributed by atoms with Crippen LogP contribution in [-0.2, 0) is 9.59 Å². The smallest absolute Gasteiger partial charge is 0.159 e. The molecule has 0 heterocycles. The van der Waals surface area contributed by atoms with Gasteiger partial charge in [-0.1, -0.05) is 12.2 Å². The van der Waals surface area contributed by atoms with E-state index in [1.54, 1.807) is 12.2 Å². The molecule has 2 aliphatic carbocycles. The molecule has 0 N–H and O–H groups in total. The third kappa shape index (κ3) is 1.69. The Labute approximate surface area is 83.7 Å². The minimum Gasteiger partial charge on any atom is -0.295 e. The molecule has 2 nitrogen and oxygen atoms in total. The zero-order valence-corrected chi connectivity index (χ0v) is 8.11. The molecule has 0 aromatic carbocycles. The molecule has 0 radical (unpaired) electrons. The molecule has 0 aromatic rings. The molecule has 0 bridgehead atoms. The molecule has 2 rings (SSSR count). The van der Waals surface area contributed by atoms with E-state index in [0.29, 0.717) is 0 Å². The van der Waals surface area contributed by atoms with Gasteiger partial charge >= 0.3 is 0 Å². The predicted molar refractivity (Wildman–Crippen MR) is 53.7 cm³/mol. The summed E-state index contributed by atoms with van der Waals surface area (Å²) >= 11 is 0. The predicted octanol–water partition coefficient (Wildman–Crippen LogP) is 2.06. The first kappa shape index (κ1) is 9.38. The molecule has 74 valence electrons. The summed E-state index contributed by atoms with van der Waals surface area (Å²) in [5, 5.41) is 0. The lowest BCUT2D eigenvalue weighted by Gasteiger charge is -2.26. The van der Waals surface area contributed by atoms with Crippen LogP contribution in [0.1, 0.15) is 25.7 Å². The normalized spacial score (nSPS) is 32.3. The minimum atomic E-state index is -0.0440. The van der Waals surface area contributed by atoms with E-state index in [-0.39, 0.29) is 23.4 Å². The Bertz CT molecular complexity index is 280. The molecule has 14 heavy (non-hydrogen) atoms. The first-order chi connectivity index (χ1) is 6.79. The van der Waals surface area contributed by atoms with E-state index >= 15 is 0 Å². The van der Waals surface area contributed by atoms with Crippen molar-refractivity contribution in [3.8, 4) is 0 Å². The maximum absolute atomic E-state index is 11.6. The summed E-state index contributed by atoms with van der Waals surface area (Å²) in [7, 11) is 0. The molecule has 2 heteroatoms. The highest BCUT2D eigenvalue weighted by Crippen LogP contribution is 2.30. The molecule has 0 saturated heterocycles. The first-order valence-corrected chi connectivity index (χ1v) is 5.20. The summed E-state index contributed by atoms with van der Waals surface area (Å²) in [5.41, 5.74) is 0.